The van der Waals surface area contributed by atoms with Crippen LogP contribution in [0.2, 0.25) is 0 Å². The van der Waals surface area contributed by atoms with Crippen LogP contribution in [0.5, 0.6) is 0 Å². The van der Waals surface area contributed by atoms with Crippen LogP contribution in [-0.2, 0) is 11.3 Å². The van der Waals surface area contributed by atoms with Crippen molar-refractivity contribution in [1.82, 2.24) is 10.3 Å². The van der Waals surface area contributed by atoms with E-state index in [0.29, 0.717) is 12.1 Å². The fourth-order valence-electron chi connectivity index (χ4n) is 2.81. The summed E-state index contributed by atoms with van der Waals surface area (Å²) in [5, 5.41) is 2.89. The van der Waals surface area contributed by atoms with Gasteiger partial charge in [0.15, 0.2) is 0 Å². The van der Waals surface area contributed by atoms with Gasteiger partial charge in [-0.25, -0.2) is 4.39 Å². The maximum atomic E-state index is 14.3. The van der Waals surface area contributed by atoms with Gasteiger partial charge in [0.25, 0.3) is 0 Å². The zero-order valence-electron chi connectivity index (χ0n) is 13.7. The van der Waals surface area contributed by atoms with Gasteiger partial charge in [-0.2, -0.15) is 0 Å². The van der Waals surface area contributed by atoms with E-state index in [0.717, 1.165) is 11.1 Å². The quantitative estimate of drug-likeness (QED) is 0.739. The normalized spacial score (nSPS) is 11.7. The minimum absolute atomic E-state index is 0.124. The lowest BCUT2D eigenvalue weighted by atomic mass is 9.88. The third kappa shape index (κ3) is 4.51. The summed E-state index contributed by atoms with van der Waals surface area (Å²) in [5.74, 6) is -0.742. The van der Waals surface area contributed by atoms with E-state index in [1.165, 1.54) is 6.07 Å². The van der Waals surface area contributed by atoms with E-state index in [1.807, 2.05) is 42.5 Å². The standard InChI is InChI=1S/C21H19FN2O/c22-20-11-5-4-10-18(20)19(17-8-2-1-3-9-17)13-21(25)24-15-16-7-6-12-23-14-16/h1-12,14,19H,13,15H2,(H,24,25)/t19-/m1/s1. The van der Waals surface area contributed by atoms with Crippen molar-refractivity contribution in [2.45, 2.75) is 18.9 Å². The Labute approximate surface area is 146 Å². The first kappa shape index (κ1) is 16.8. The maximum absolute atomic E-state index is 14.3. The van der Waals surface area contributed by atoms with Crippen LogP contribution in [0.25, 0.3) is 0 Å². The first-order valence-electron chi connectivity index (χ1n) is 8.19. The van der Waals surface area contributed by atoms with Crippen LogP contribution < -0.4 is 5.32 Å². The Hall–Kier alpha value is -3.01. The number of hydrogen-bond donors (Lipinski definition) is 1. The molecule has 25 heavy (non-hydrogen) atoms. The summed E-state index contributed by atoms with van der Waals surface area (Å²) in [5.41, 5.74) is 2.38. The third-order valence-electron chi connectivity index (χ3n) is 4.08. The number of rotatable bonds is 6. The molecule has 1 N–H and O–H groups in total. The van der Waals surface area contributed by atoms with Crippen LogP contribution >= 0.6 is 0 Å². The average molecular weight is 334 g/mol. The Bertz CT molecular complexity index is 822. The Morgan fingerprint density at radius 2 is 1.76 bits per heavy atom. The van der Waals surface area contributed by atoms with Gasteiger partial charge >= 0.3 is 0 Å². The molecule has 2 aromatic carbocycles. The van der Waals surface area contributed by atoms with Crippen molar-refractivity contribution in [3.63, 3.8) is 0 Å². The van der Waals surface area contributed by atoms with E-state index in [2.05, 4.69) is 10.3 Å². The molecule has 1 amide bonds. The van der Waals surface area contributed by atoms with Gasteiger partial charge in [0.1, 0.15) is 5.82 Å². The van der Waals surface area contributed by atoms with Crippen molar-refractivity contribution < 1.29 is 9.18 Å². The number of nitrogens with one attached hydrogen (secondary N) is 1. The maximum Gasteiger partial charge on any atom is 0.221 e. The molecule has 4 heteroatoms. The van der Waals surface area contributed by atoms with Gasteiger partial charge in [-0.15, -0.1) is 0 Å². The van der Waals surface area contributed by atoms with Gasteiger partial charge in [-0.1, -0.05) is 54.6 Å². The lowest BCUT2D eigenvalue weighted by Crippen LogP contribution is -2.25. The van der Waals surface area contributed by atoms with Crippen molar-refractivity contribution in [2.24, 2.45) is 0 Å². The van der Waals surface area contributed by atoms with E-state index in [9.17, 15) is 9.18 Å². The molecule has 126 valence electrons. The van der Waals surface area contributed by atoms with Crippen LogP contribution in [-0.4, -0.2) is 10.9 Å². The van der Waals surface area contributed by atoms with Crippen LogP contribution in [0.4, 0.5) is 4.39 Å². The molecular formula is C21H19FN2O. The predicted octanol–water partition coefficient (Wildman–Crippen LogP) is 4.06. The SMILES string of the molecule is O=C(C[C@H](c1ccccc1)c1ccccc1F)NCc1cccnc1. The van der Waals surface area contributed by atoms with Gasteiger partial charge in [0.2, 0.25) is 5.91 Å². The van der Waals surface area contributed by atoms with E-state index in [-0.39, 0.29) is 24.1 Å². The largest absolute Gasteiger partial charge is 0.352 e. The second-order valence-electron chi connectivity index (χ2n) is 5.83. The molecule has 0 aliphatic rings. The van der Waals surface area contributed by atoms with E-state index < -0.39 is 0 Å². The number of hydrogen-bond acceptors (Lipinski definition) is 2. The van der Waals surface area contributed by atoms with Crippen molar-refractivity contribution in [3.05, 3.63) is 102 Å². The number of pyridine rings is 1. The zero-order chi connectivity index (χ0) is 17.5. The van der Waals surface area contributed by atoms with Gasteiger partial charge in [0.05, 0.1) is 0 Å². The van der Waals surface area contributed by atoms with Crippen LogP contribution in [0, 0.1) is 5.82 Å². The lowest BCUT2D eigenvalue weighted by molar-refractivity contribution is -0.121. The smallest absolute Gasteiger partial charge is 0.221 e. The van der Waals surface area contributed by atoms with Crippen molar-refractivity contribution >= 4 is 5.91 Å². The summed E-state index contributed by atoms with van der Waals surface area (Å²) < 4.78 is 14.3. The summed E-state index contributed by atoms with van der Waals surface area (Å²) in [6.07, 6.45) is 3.59. The second-order valence-corrected chi connectivity index (χ2v) is 5.83. The molecule has 0 spiro atoms. The first-order valence-corrected chi connectivity index (χ1v) is 8.19. The summed E-state index contributed by atoms with van der Waals surface area (Å²) in [7, 11) is 0. The number of carbonyl (C=O) groups excluding carboxylic acids is 1. The molecule has 0 unspecified atom stereocenters. The predicted molar refractivity (Wildman–Crippen MR) is 95.4 cm³/mol. The summed E-state index contributed by atoms with van der Waals surface area (Å²) >= 11 is 0. The molecule has 0 aliphatic carbocycles. The minimum Gasteiger partial charge on any atom is -0.352 e. The molecule has 0 aliphatic heterocycles. The number of amides is 1. The van der Waals surface area contributed by atoms with E-state index in [4.69, 9.17) is 0 Å². The fraction of sp³-hybridized carbons (Fsp3) is 0.143. The van der Waals surface area contributed by atoms with Crippen molar-refractivity contribution in [1.29, 1.82) is 0 Å². The minimum atomic E-state index is -0.323. The Morgan fingerprint density at radius 3 is 2.48 bits per heavy atom. The molecule has 1 heterocycles. The second kappa shape index (κ2) is 8.20. The Kier molecular flexibility index (Phi) is 5.52. The molecule has 3 rings (SSSR count). The molecule has 1 atom stereocenters. The van der Waals surface area contributed by atoms with Crippen molar-refractivity contribution in [2.75, 3.05) is 0 Å². The molecule has 0 fully saturated rings. The lowest BCUT2D eigenvalue weighted by Gasteiger charge is -2.18. The highest BCUT2D eigenvalue weighted by atomic mass is 19.1. The van der Waals surface area contributed by atoms with Crippen LogP contribution in [0.15, 0.2) is 79.1 Å². The highest BCUT2D eigenvalue weighted by molar-refractivity contribution is 5.77. The Morgan fingerprint density at radius 1 is 1.00 bits per heavy atom. The number of carbonyl (C=O) groups is 1. The van der Waals surface area contributed by atoms with Gasteiger partial charge in [-0.3, -0.25) is 9.78 Å². The van der Waals surface area contributed by atoms with Gasteiger partial charge in [0, 0.05) is 31.3 Å². The number of halogens is 1. The van der Waals surface area contributed by atoms with Gasteiger partial charge < -0.3 is 5.32 Å². The third-order valence-corrected chi connectivity index (χ3v) is 4.08. The Balaban J connectivity index is 1.76. The number of aromatic nitrogens is 1. The number of benzene rings is 2. The number of nitrogens with zero attached hydrogens (tertiary/aromatic N) is 1. The first-order chi connectivity index (χ1) is 12.2. The summed E-state index contributed by atoms with van der Waals surface area (Å²) in [6.45, 7) is 0.408. The van der Waals surface area contributed by atoms with Crippen LogP contribution in [0.1, 0.15) is 29.0 Å². The summed E-state index contributed by atoms with van der Waals surface area (Å²) in [6, 6.07) is 19.9. The molecule has 0 bridgehead atoms. The topological polar surface area (TPSA) is 42.0 Å². The van der Waals surface area contributed by atoms with E-state index in [1.54, 1.807) is 30.6 Å². The molecule has 0 radical (unpaired) electrons. The van der Waals surface area contributed by atoms with Gasteiger partial charge in [-0.05, 0) is 28.8 Å². The van der Waals surface area contributed by atoms with Crippen molar-refractivity contribution in [3.8, 4) is 0 Å². The summed E-state index contributed by atoms with van der Waals surface area (Å²) in [4.78, 5) is 16.5. The van der Waals surface area contributed by atoms with Crippen LogP contribution in [0.3, 0.4) is 0 Å². The monoisotopic (exact) mass is 334 g/mol. The molecule has 3 aromatic rings. The van der Waals surface area contributed by atoms with E-state index >= 15 is 0 Å². The molecule has 0 saturated heterocycles. The average Bonchev–Trinajstić information content (AvgIpc) is 2.67. The molecular weight excluding hydrogens is 315 g/mol. The highest BCUT2D eigenvalue weighted by Gasteiger charge is 2.20. The highest BCUT2D eigenvalue weighted by Crippen LogP contribution is 2.29. The fourth-order valence-corrected chi connectivity index (χ4v) is 2.81. The molecule has 3 nitrogen and oxygen atoms in total. The zero-order valence-corrected chi connectivity index (χ0v) is 13.7. The molecule has 0 saturated carbocycles. The molecule has 1 aromatic heterocycles.